The van der Waals surface area contributed by atoms with Crippen LogP contribution in [0.15, 0.2) is 95.9 Å². The summed E-state index contributed by atoms with van der Waals surface area (Å²) < 4.78 is 0. The number of carbonyl (C=O) groups excluding carboxylic acids is 1. The normalized spacial score (nSPS) is 17.7. The molecule has 1 aromatic rings. The van der Waals surface area contributed by atoms with E-state index in [2.05, 4.69) is 0 Å². The van der Waals surface area contributed by atoms with Crippen molar-refractivity contribution < 1.29 is 9.72 Å². The predicted octanol–water partition coefficient (Wildman–Crippen LogP) is 4.38. The summed E-state index contributed by atoms with van der Waals surface area (Å²) in [4.78, 5) is 23.7. The molecule has 2 aliphatic rings. The van der Waals surface area contributed by atoms with Crippen molar-refractivity contribution in [3.8, 4) is 0 Å². The van der Waals surface area contributed by atoms with Crippen LogP contribution >= 0.6 is 0 Å². The van der Waals surface area contributed by atoms with E-state index in [-0.39, 0.29) is 11.5 Å². The fourth-order valence-electron chi connectivity index (χ4n) is 2.59. The van der Waals surface area contributed by atoms with Gasteiger partial charge >= 0.3 is 0 Å². The quantitative estimate of drug-likeness (QED) is 0.600. The van der Waals surface area contributed by atoms with Crippen molar-refractivity contribution in [2.45, 2.75) is 13.5 Å². The third-order valence-corrected chi connectivity index (χ3v) is 4.10. The summed E-state index contributed by atoms with van der Waals surface area (Å²) in [7, 11) is 0. The number of nitrogens with zero attached hydrogens (tertiary/aromatic N) is 2. The summed E-state index contributed by atoms with van der Waals surface area (Å²) in [6, 6.07) is 6.56. The van der Waals surface area contributed by atoms with Gasteiger partial charge in [0.1, 0.15) is 0 Å². The number of benzene rings is 1. The minimum Gasteiger partial charge on any atom is -0.350 e. The van der Waals surface area contributed by atoms with Crippen LogP contribution in [0.25, 0.3) is 0 Å². The van der Waals surface area contributed by atoms with Gasteiger partial charge in [-0.15, -0.1) is 0 Å². The van der Waals surface area contributed by atoms with Crippen LogP contribution in [-0.4, -0.2) is 15.6 Å². The average molecular weight is 346 g/mol. The molecular weight excluding hydrogens is 328 g/mol. The van der Waals surface area contributed by atoms with Crippen LogP contribution in [0.2, 0.25) is 0 Å². The van der Waals surface area contributed by atoms with Crippen LogP contribution in [0.4, 0.5) is 5.69 Å². The van der Waals surface area contributed by atoms with Gasteiger partial charge in [0.15, 0.2) is 5.78 Å². The van der Waals surface area contributed by atoms with E-state index in [1.165, 1.54) is 12.1 Å². The van der Waals surface area contributed by atoms with Gasteiger partial charge < -0.3 is 4.90 Å². The van der Waals surface area contributed by atoms with Gasteiger partial charge in [-0.05, 0) is 53.5 Å². The molecule has 0 fully saturated rings. The van der Waals surface area contributed by atoms with E-state index in [0.29, 0.717) is 6.54 Å². The topological polar surface area (TPSA) is 63.4 Å². The van der Waals surface area contributed by atoms with E-state index in [1.807, 2.05) is 60.7 Å². The van der Waals surface area contributed by atoms with Crippen molar-refractivity contribution in [2.24, 2.45) is 0 Å². The lowest BCUT2D eigenvalue weighted by Crippen LogP contribution is -2.11. The Bertz CT molecular complexity index is 897. The third kappa shape index (κ3) is 4.33. The van der Waals surface area contributed by atoms with E-state index in [4.69, 9.17) is 0 Å². The smallest absolute Gasteiger partial charge is 0.269 e. The van der Waals surface area contributed by atoms with Gasteiger partial charge in [-0.25, -0.2) is 0 Å². The second kappa shape index (κ2) is 7.61. The number of ketones is 1. The van der Waals surface area contributed by atoms with Crippen molar-refractivity contribution in [2.75, 3.05) is 0 Å². The molecule has 1 aromatic carbocycles. The number of rotatable bonds is 4. The molecular formula is C21H18N2O3. The molecule has 5 nitrogen and oxygen atoms in total. The molecule has 0 saturated carbocycles. The maximum absolute atomic E-state index is 11.4. The molecule has 5 heteroatoms. The molecule has 130 valence electrons. The fraction of sp³-hybridized carbons (Fsp3) is 0.0952. The second-order valence-electron chi connectivity index (χ2n) is 6.09. The van der Waals surface area contributed by atoms with Crippen molar-refractivity contribution >= 4 is 11.5 Å². The maximum Gasteiger partial charge on any atom is 0.269 e. The van der Waals surface area contributed by atoms with Crippen molar-refractivity contribution in [3.63, 3.8) is 0 Å². The Kier molecular flexibility index (Phi) is 5.08. The van der Waals surface area contributed by atoms with E-state index in [1.54, 1.807) is 18.2 Å². The van der Waals surface area contributed by atoms with Crippen LogP contribution < -0.4 is 0 Å². The Morgan fingerprint density at radius 2 is 1.65 bits per heavy atom. The van der Waals surface area contributed by atoms with Gasteiger partial charge in [-0.3, -0.25) is 14.9 Å². The number of non-ortho nitro benzene ring substituents is 1. The number of nitro groups is 1. The molecule has 0 N–H and O–H groups in total. The Morgan fingerprint density at radius 1 is 1.00 bits per heavy atom. The lowest BCUT2D eigenvalue weighted by atomic mass is 10.0. The molecule has 26 heavy (non-hydrogen) atoms. The molecule has 0 bridgehead atoms. The largest absolute Gasteiger partial charge is 0.350 e. The predicted molar refractivity (Wildman–Crippen MR) is 101 cm³/mol. The molecule has 0 aromatic heterocycles. The molecule has 1 aliphatic heterocycles. The Balaban J connectivity index is 1.62. The van der Waals surface area contributed by atoms with E-state index < -0.39 is 4.92 Å². The first-order valence-corrected chi connectivity index (χ1v) is 8.19. The number of nitro benzene ring substituents is 1. The van der Waals surface area contributed by atoms with Crippen LogP contribution in [0.1, 0.15) is 12.5 Å². The summed E-state index contributed by atoms with van der Waals surface area (Å²) in [5.74, 6) is 0.0501. The zero-order valence-corrected chi connectivity index (χ0v) is 14.3. The molecule has 0 radical (unpaired) electrons. The lowest BCUT2D eigenvalue weighted by Gasteiger charge is -2.18. The highest BCUT2D eigenvalue weighted by Crippen LogP contribution is 2.17. The maximum atomic E-state index is 11.4. The van der Waals surface area contributed by atoms with Gasteiger partial charge in [0, 0.05) is 31.1 Å². The first-order valence-electron chi connectivity index (χ1n) is 8.19. The van der Waals surface area contributed by atoms with Gasteiger partial charge in [0.25, 0.3) is 5.69 Å². The van der Waals surface area contributed by atoms with Gasteiger partial charge in [0.05, 0.1) is 4.92 Å². The molecule has 1 heterocycles. The Hall–Kier alpha value is -3.47. The number of hydrogen-bond donors (Lipinski definition) is 0. The summed E-state index contributed by atoms with van der Waals surface area (Å²) in [5, 5.41) is 10.7. The average Bonchev–Trinajstić information content (AvgIpc) is 2.64. The SMILES string of the molecule is CC1=CC(=CC=C2C=CN(Cc3ccc([N+](=O)[O-])cc3)C=C2)C=CC1=O. The van der Waals surface area contributed by atoms with Crippen molar-refractivity contribution in [1.29, 1.82) is 0 Å². The Morgan fingerprint density at radius 3 is 2.27 bits per heavy atom. The minimum atomic E-state index is -0.399. The fourth-order valence-corrected chi connectivity index (χ4v) is 2.59. The summed E-state index contributed by atoms with van der Waals surface area (Å²) in [6.07, 6.45) is 17.2. The molecule has 3 rings (SSSR count). The van der Waals surface area contributed by atoms with Gasteiger partial charge in [-0.2, -0.15) is 0 Å². The summed E-state index contributed by atoms with van der Waals surface area (Å²) >= 11 is 0. The van der Waals surface area contributed by atoms with Crippen LogP contribution in [0, 0.1) is 10.1 Å². The van der Waals surface area contributed by atoms with Crippen LogP contribution in [-0.2, 0) is 11.3 Å². The molecule has 1 aliphatic carbocycles. The molecule has 0 amide bonds. The number of hydrogen-bond acceptors (Lipinski definition) is 4. The molecule has 0 unspecified atom stereocenters. The number of carbonyl (C=O) groups is 1. The minimum absolute atomic E-state index is 0.0501. The molecule has 0 saturated heterocycles. The standard InChI is InChI=1S/C21H18N2O3/c1-16-14-18(6-9-21(16)24)3-2-17-10-12-22(13-11-17)15-19-4-7-20(8-5-19)23(25)26/h2-14H,15H2,1H3. The summed E-state index contributed by atoms with van der Waals surface area (Å²) in [5.41, 5.74) is 3.87. The summed E-state index contributed by atoms with van der Waals surface area (Å²) in [6.45, 7) is 2.45. The van der Waals surface area contributed by atoms with Crippen LogP contribution in [0.5, 0.6) is 0 Å². The second-order valence-corrected chi connectivity index (χ2v) is 6.09. The highest BCUT2D eigenvalue weighted by Gasteiger charge is 2.07. The monoisotopic (exact) mass is 346 g/mol. The van der Waals surface area contributed by atoms with Crippen molar-refractivity contribution in [3.05, 3.63) is 112 Å². The van der Waals surface area contributed by atoms with E-state index in [0.717, 1.165) is 22.3 Å². The highest BCUT2D eigenvalue weighted by molar-refractivity contribution is 6.05. The zero-order valence-electron chi connectivity index (χ0n) is 14.3. The first-order chi connectivity index (χ1) is 12.5. The molecule has 0 spiro atoms. The van der Waals surface area contributed by atoms with Gasteiger partial charge in [-0.1, -0.05) is 30.4 Å². The van der Waals surface area contributed by atoms with Crippen LogP contribution in [0.3, 0.4) is 0 Å². The number of allylic oxidation sites excluding steroid dienone is 10. The van der Waals surface area contributed by atoms with Gasteiger partial charge in [0.2, 0.25) is 0 Å². The Labute approximate surface area is 151 Å². The first kappa shape index (κ1) is 17.4. The third-order valence-electron chi connectivity index (χ3n) is 4.10. The lowest BCUT2D eigenvalue weighted by molar-refractivity contribution is -0.384. The van der Waals surface area contributed by atoms with E-state index in [9.17, 15) is 14.9 Å². The molecule has 0 atom stereocenters. The highest BCUT2D eigenvalue weighted by atomic mass is 16.6. The van der Waals surface area contributed by atoms with E-state index >= 15 is 0 Å². The van der Waals surface area contributed by atoms with Crippen molar-refractivity contribution in [1.82, 2.24) is 4.90 Å². The zero-order chi connectivity index (χ0) is 18.5.